The second-order valence-electron chi connectivity index (χ2n) is 5.35. The van der Waals surface area contributed by atoms with Gasteiger partial charge in [-0.15, -0.1) is 0 Å². The first-order valence-electron chi connectivity index (χ1n) is 7.71. The van der Waals surface area contributed by atoms with Crippen LogP contribution >= 0.6 is 0 Å². The molecule has 0 bridgehead atoms. The fraction of sp³-hybridized carbons (Fsp3) is 0.562. The van der Waals surface area contributed by atoms with Crippen molar-refractivity contribution in [1.29, 1.82) is 0 Å². The van der Waals surface area contributed by atoms with Gasteiger partial charge in [0.1, 0.15) is 6.04 Å². The SMILES string of the molecule is NC(COCc1ccccc1)C(=O)NCCN1CCOCC1. The Morgan fingerprint density at radius 2 is 2.05 bits per heavy atom. The molecule has 1 heterocycles. The van der Waals surface area contributed by atoms with Crippen molar-refractivity contribution in [3.8, 4) is 0 Å². The van der Waals surface area contributed by atoms with Gasteiger partial charge >= 0.3 is 0 Å². The molecule has 0 aliphatic carbocycles. The van der Waals surface area contributed by atoms with E-state index in [0.717, 1.165) is 38.4 Å². The third-order valence-electron chi connectivity index (χ3n) is 3.58. The standard InChI is InChI=1S/C16H25N3O3/c17-15(13-22-12-14-4-2-1-3-5-14)16(20)18-6-7-19-8-10-21-11-9-19/h1-5,15H,6-13,17H2,(H,18,20). The fourth-order valence-corrected chi connectivity index (χ4v) is 2.25. The molecule has 0 aromatic heterocycles. The lowest BCUT2D eigenvalue weighted by Crippen LogP contribution is -2.47. The summed E-state index contributed by atoms with van der Waals surface area (Å²) in [7, 11) is 0. The molecule has 1 aromatic carbocycles. The van der Waals surface area contributed by atoms with Crippen LogP contribution < -0.4 is 11.1 Å². The summed E-state index contributed by atoms with van der Waals surface area (Å²) < 4.78 is 10.8. The Hall–Kier alpha value is -1.47. The van der Waals surface area contributed by atoms with Gasteiger partial charge in [-0.1, -0.05) is 30.3 Å². The zero-order valence-electron chi connectivity index (χ0n) is 12.9. The van der Waals surface area contributed by atoms with Gasteiger partial charge in [0, 0.05) is 26.2 Å². The molecule has 22 heavy (non-hydrogen) atoms. The maximum absolute atomic E-state index is 11.9. The van der Waals surface area contributed by atoms with E-state index in [9.17, 15) is 4.79 Å². The van der Waals surface area contributed by atoms with Gasteiger partial charge in [0.05, 0.1) is 26.4 Å². The highest BCUT2D eigenvalue weighted by atomic mass is 16.5. The van der Waals surface area contributed by atoms with Crippen molar-refractivity contribution < 1.29 is 14.3 Å². The highest BCUT2D eigenvalue weighted by Crippen LogP contribution is 2.00. The lowest BCUT2D eigenvalue weighted by Gasteiger charge is -2.26. The minimum absolute atomic E-state index is 0.165. The van der Waals surface area contributed by atoms with Crippen LogP contribution in [0.3, 0.4) is 0 Å². The first kappa shape index (κ1) is 16.9. The van der Waals surface area contributed by atoms with Crippen LogP contribution in [0.2, 0.25) is 0 Å². The van der Waals surface area contributed by atoms with Crippen molar-refractivity contribution in [3.05, 3.63) is 35.9 Å². The maximum atomic E-state index is 11.9. The molecule has 1 amide bonds. The highest BCUT2D eigenvalue weighted by molar-refractivity contribution is 5.81. The van der Waals surface area contributed by atoms with E-state index >= 15 is 0 Å². The van der Waals surface area contributed by atoms with E-state index in [1.54, 1.807) is 0 Å². The van der Waals surface area contributed by atoms with Gasteiger partial charge in [-0.2, -0.15) is 0 Å². The summed E-state index contributed by atoms with van der Waals surface area (Å²) >= 11 is 0. The number of benzene rings is 1. The minimum Gasteiger partial charge on any atom is -0.379 e. The average Bonchev–Trinajstić information content (AvgIpc) is 2.56. The Bertz CT molecular complexity index is 436. The summed E-state index contributed by atoms with van der Waals surface area (Å²) in [5.74, 6) is -0.165. The maximum Gasteiger partial charge on any atom is 0.239 e. The van der Waals surface area contributed by atoms with Gasteiger partial charge in [0.2, 0.25) is 5.91 Å². The predicted octanol–water partition coefficient (Wildman–Crippen LogP) is -0.0211. The lowest BCUT2D eigenvalue weighted by molar-refractivity contribution is -0.123. The molecule has 122 valence electrons. The number of nitrogens with two attached hydrogens (primary N) is 1. The van der Waals surface area contributed by atoms with Gasteiger partial charge in [0.15, 0.2) is 0 Å². The van der Waals surface area contributed by atoms with Gasteiger partial charge in [-0.3, -0.25) is 9.69 Å². The van der Waals surface area contributed by atoms with E-state index in [1.165, 1.54) is 0 Å². The molecule has 1 fully saturated rings. The van der Waals surface area contributed by atoms with E-state index < -0.39 is 6.04 Å². The Morgan fingerprint density at radius 1 is 1.32 bits per heavy atom. The number of carbonyl (C=O) groups is 1. The molecule has 2 rings (SSSR count). The molecule has 1 aromatic rings. The number of ether oxygens (including phenoxy) is 2. The number of amides is 1. The quantitative estimate of drug-likeness (QED) is 0.706. The zero-order valence-corrected chi connectivity index (χ0v) is 12.9. The van der Waals surface area contributed by atoms with E-state index in [2.05, 4.69) is 10.2 Å². The molecule has 0 spiro atoms. The van der Waals surface area contributed by atoms with E-state index in [1.807, 2.05) is 30.3 Å². The molecule has 0 radical (unpaired) electrons. The Labute approximate surface area is 131 Å². The van der Waals surface area contributed by atoms with E-state index in [-0.39, 0.29) is 12.5 Å². The number of carbonyl (C=O) groups excluding carboxylic acids is 1. The Balaban J connectivity index is 1.56. The van der Waals surface area contributed by atoms with Crippen molar-refractivity contribution in [2.45, 2.75) is 12.6 Å². The van der Waals surface area contributed by atoms with Gasteiger partial charge in [-0.05, 0) is 5.56 Å². The summed E-state index contributed by atoms with van der Waals surface area (Å²) in [6, 6.07) is 9.20. The lowest BCUT2D eigenvalue weighted by atomic mass is 10.2. The third-order valence-corrected chi connectivity index (χ3v) is 3.58. The number of nitrogens with one attached hydrogen (secondary N) is 1. The summed E-state index contributed by atoms with van der Waals surface area (Å²) in [5.41, 5.74) is 6.90. The Morgan fingerprint density at radius 3 is 2.77 bits per heavy atom. The van der Waals surface area contributed by atoms with Crippen molar-refractivity contribution in [2.24, 2.45) is 5.73 Å². The molecule has 1 saturated heterocycles. The number of hydrogen-bond acceptors (Lipinski definition) is 5. The molecular weight excluding hydrogens is 282 g/mol. The molecule has 1 aliphatic heterocycles. The molecule has 1 atom stereocenters. The molecular formula is C16H25N3O3. The van der Waals surface area contributed by atoms with Crippen LogP contribution in [0.4, 0.5) is 0 Å². The van der Waals surface area contributed by atoms with Crippen LogP contribution in [0.5, 0.6) is 0 Å². The highest BCUT2D eigenvalue weighted by Gasteiger charge is 2.14. The molecule has 1 unspecified atom stereocenters. The summed E-state index contributed by atoms with van der Waals surface area (Å²) in [4.78, 5) is 14.1. The van der Waals surface area contributed by atoms with E-state index in [0.29, 0.717) is 13.2 Å². The molecule has 6 heteroatoms. The van der Waals surface area contributed by atoms with Crippen molar-refractivity contribution in [1.82, 2.24) is 10.2 Å². The molecule has 1 aliphatic rings. The molecule has 3 N–H and O–H groups in total. The normalized spacial score (nSPS) is 17.1. The topological polar surface area (TPSA) is 76.8 Å². The van der Waals surface area contributed by atoms with Crippen LogP contribution in [0.15, 0.2) is 30.3 Å². The van der Waals surface area contributed by atoms with Crippen LogP contribution in [0, 0.1) is 0 Å². The van der Waals surface area contributed by atoms with Gasteiger partial charge in [-0.25, -0.2) is 0 Å². The second kappa shape index (κ2) is 9.53. The van der Waals surface area contributed by atoms with Crippen LogP contribution in [-0.2, 0) is 20.9 Å². The van der Waals surface area contributed by atoms with Crippen molar-refractivity contribution in [3.63, 3.8) is 0 Å². The first-order chi connectivity index (χ1) is 10.8. The monoisotopic (exact) mass is 307 g/mol. The molecule has 0 saturated carbocycles. The third kappa shape index (κ3) is 6.11. The summed E-state index contributed by atoms with van der Waals surface area (Å²) in [5, 5.41) is 2.85. The zero-order chi connectivity index (χ0) is 15.6. The van der Waals surface area contributed by atoms with Gasteiger partial charge in [0.25, 0.3) is 0 Å². The average molecular weight is 307 g/mol. The molecule has 6 nitrogen and oxygen atoms in total. The number of rotatable bonds is 8. The predicted molar refractivity (Wildman–Crippen MR) is 84.3 cm³/mol. The Kier molecular flexibility index (Phi) is 7.32. The largest absolute Gasteiger partial charge is 0.379 e. The van der Waals surface area contributed by atoms with E-state index in [4.69, 9.17) is 15.2 Å². The minimum atomic E-state index is -0.631. The fourth-order valence-electron chi connectivity index (χ4n) is 2.25. The van der Waals surface area contributed by atoms with Crippen molar-refractivity contribution in [2.75, 3.05) is 46.0 Å². The smallest absolute Gasteiger partial charge is 0.239 e. The number of hydrogen-bond donors (Lipinski definition) is 2. The van der Waals surface area contributed by atoms with Crippen LogP contribution in [0.1, 0.15) is 5.56 Å². The second-order valence-corrected chi connectivity index (χ2v) is 5.35. The van der Waals surface area contributed by atoms with Crippen LogP contribution in [0.25, 0.3) is 0 Å². The summed E-state index contributed by atoms with van der Waals surface area (Å²) in [6.07, 6.45) is 0. The number of morpholine rings is 1. The number of nitrogens with zero attached hydrogens (tertiary/aromatic N) is 1. The first-order valence-corrected chi connectivity index (χ1v) is 7.71. The van der Waals surface area contributed by atoms with Crippen LogP contribution in [-0.4, -0.2) is 62.8 Å². The summed E-state index contributed by atoms with van der Waals surface area (Å²) in [6.45, 7) is 5.48. The van der Waals surface area contributed by atoms with Gasteiger partial charge < -0.3 is 20.5 Å². The van der Waals surface area contributed by atoms with Crippen molar-refractivity contribution >= 4 is 5.91 Å².